The lowest BCUT2D eigenvalue weighted by molar-refractivity contribution is 0.160. The van der Waals surface area contributed by atoms with Crippen LogP contribution in [0.2, 0.25) is 5.02 Å². The molecule has 2 aromatic rings. The van der Waals surface area contributed by atoms with Crippen molar-refractivity contribution in [3.05, 3.63) is 70.2 Å². The molecule has 2 aromatic carbocycles. The number of aryl methyl sites for hydroxylation is 1. The van der Waals surface area contributed by atoms with E-state index in [1.54, 1.807) is 0 Å². The Hall–Kier alpha value is -1.35. The first-order valence-electron chi connectivity index (χ1n) is 8.99. The normalized spacial score (nSPS) is 16.9. The van der Waals surface area contributed by atoms with Gasteiger partial charge in [0, 0.05) is 24.2 Å². The minimum absolute atomic E-state index is 0.438. The van der Waals surface area contributed by atoms with E-state index in [0.29, 0.717) is 6.04 Å². The highest BCUT2D eigenvalue weighted by atomic mass is 35.5. The molecule has 0 spiro atoms. The first-order chi connectivity index (χ1) is 11.7. The second-order valence-electron chi connectivity index (χ2n) is 6.75. The van der Waals surface area contributed by atoms with Crippen molar-refractivity contribution < 1.29 is 0 Å². The predicted octanol–water partition coefficient (Wildman–Crippen LogP) is 4.97. The fourth-order valence-electron chi connectivity index (χ4n) is 3.46. The minimum atomic E-state index is 0.438. The highest BCUT2D eigenvalue weighted by molar-refractivity contribution is 6.31. The summed E-state index contributed by atoms with van der Waals surface area (Å²) in [5.74, 6) is 0. The van der Waals surface area contributed by atoms with Gasteiger partial charge < -0.3 is 5.32 Å². The first-order valence-corrected chi connectivity index (χ1v) is 9.36. The molecule has 1 aliphatic heterocycles. The Bertz CT molecular complexity index is 633. The summed E-state index contributed by atoms with van der Waals surface area (Å²) in [6, 6.07) is 17.5. The fraction of sp³-hybridized carbons (Fsp3) is 0.429. The monoisotopic (exact) mass is 342 g/mol. The van der Waals surface area contributed by atoms with Crippen LogP contribution in [0.25, 0.3) is 0 Å². The van der Waals surface area contributed by atoms with Gasteiger partial charge in [-0.15, -0.1) is 0 Å². The number of piperidine rings is 1. The Balaban J connectivity index is 1.67. The van der Waals surface area contributed by atoms with Crippen molar-refractivity contribution in [3.8, 4) is 0 Å². The fourth-order valence-corrected chi connectivity index (χ4v) is 3.66. The number of likely N-dealkylation sites (tertiary alicyclic amines) is 1. The molecule has 0 aliphatic carbocycles. The van der Waals surface area contributed by atoms with Crippen LogP contribution < -0.4 is 5.32 Å². The molecule has 1 N–H and O–H groups in total. The third-order valence-electron chi connectivity index (χ3n) is 4.90. The summed E-state index contributed by atoms with van der Waals surface area (Å²) in [7, 11) is 0. The Labute approximate surface area is 150 Å². The zero-order chi connectivity index (χ0) is 16.8. The summed E-state index contributed by atoms with van der Waals surface area (Å²) in [6.45, 7) is 6.32. The van der Waals surface area contributed by atoms with Crippen molar-refractivity contribution in [1.82, 2.24) is 10.2 Å². The Kier molecular flexibility index (Phi) is 6.30. The average molecular weight is 343 g/mol. The van der Waals surface area contributed by atoms with Crippen LogP contribution in [-0.4, -0.2) is 24.5 Å². The smallest absolute Gasteiger partial charge is 0.0472 e. The molecule has 1 unspecified atom stereocenters. The lowest BCUT2D eigenvalue weighted by Gasteiger charge is -2.35. The molecule has 128 valence electrons. The van der Waals surface area contributed by atoms with Crippen LogP contribution in [0.15, 0.2) is 48.5 Å². The molecule has 3 rings (SSSR count). The van der Waals surface area contributed by atoms with Crippen LogP contribution in [-0.2, 0) is 6.54 Å². The van der Waals surface area contributed by atoms with Crippen LogP contribution >= 0.6 is 11.6 Å². The molecular formula is C21H27ClN2. The van der Waals surface area contributed by atoms with Gasteiger partial charge in [-0.05, 0) is 50.0 Å². The Morgan fingerprint density at radius 3 is 2.42 bits per heavy atom. The van der Waals surface area contributed by atoms with Crippen LogP contribution in [0.4, 0.5) is 0 Å². The van der Waals surface area contributed by atoms with Crippen molar-refractivity contribution in [2.75, 3.05) is 19.6 Å². The molecule has 1 aliphatic rings. The summed E-state index contributed by atoms with van der Waals surface area (Å²) in [5, 5.41) is 4.47. The average Bonchev–Trinajstić information content (AvgIpc) is 2.62. The van der Waals surface area contributed by atoms with E-state index < -0.39 is 0 Å². The molecule has 24 heavy (non-hydrogen) atoms. The second-order valence-corrected chi connectivity index (χ2v) is 7.15. The van der Waals surface area contributed by atoms with E-state index in [1.165, 1.54) is 49.0 Å². The topological polar surface area (TPSA) is 15.3 Å². The highest BCUT2D eigenvalue weighted by Gasteiger charge is 2.21. The minimum Gasteiger partial charge on any atom is -0.311 e. The number of halogens is 1. The van der Waals surface area contributed by atoms with E-state index >= 15 is 0 Å². The molecule has 0 saturated carbocycles. The van der Waals surface area contributed by atoms with Gasteiger partial charge in [-0.1, -0.05) is 66.0 Å². The van der Waals surface area contributed by atoms with Gasteiger partial charge in [-0.3, -0.25) is 4.90 Å². The van der Waals surface area contributed by atoms with Crippen molar-refractivity contribution in [2.45, 2.75) is 38.8 Å². The van der Waals surface area contributed by atoms with Crippen molar-refractivity contribution in [3.63, 3.8) is 0 Å². The van der Waals surface area contributed by atoms with E-state index in [-0.39, 0.29) is 0 Å². The summed E-state index contributed by atoms with van der Waals surface area (Å²) >= 11 is 6.27. The lowest BCUT2D eigenvalue weighted by atomic mass is 10.0. The number of rotatable bonds is 6. The van der Waals surface area contributed by atoms with E-state index in [2.05, 4.69) is 47.5 Å². The molecule has 1 heterocycles. The maximum atomic E-state index is 6.27. The molecule has 2 nitrogen and oxygen atoms in total. The van der Waals surface area contributed by atoms with Crippen LogP contribution in [0.1, 0.15) is 42.0 Å². The summed E-state index contributed by atoms with van der Waals surface area (Å²) in [4.78, 5) is 2.63. The van der Waals surface area contributed by atoms with E-state index in [9.17, 15) is 0 Å². The number of nitrogens with one attached hydrogen (secondary N) is 1. The summed E-state index contributed by atoms with van der Waals surface area (Å²) < 4.78 is 0. The number of hydrogen-bond donors (Lipinski definition) is 1. The standard InChI is InChI=1S/C21H27ClN2/c1-17-9-11-18(12-10-17)21(24-13-5-2-6-14-24)16-23-15-19-7-3-4-8-20(19)22/h3-4,7-12,21,23H,2,5-6,13-16H2,1H3. The molecule has 0 radical (unpaired) electrons. The Morgan fingerprint density at radius 1 is 1.00 bits per heavy atom. The third-order valence-corrected chi connectivity index (χ3v) is 5.27. The molecule has 3 heteroatoms. The number of nitrogens with zero attached hydrogens (tertiary/aromatic N) is 1. The van der Waals surface area contributed by atoms with Gasteiger partial charge in [0.2, 0.25) is 0 Å². The molecule has 1 saturated heterocycles. The van der Waals surface area contributed by atoms with Crippen molar-refractivity contribution in [2.24, 2.45) is 0 Å². The van der Waals surface area contributed by atoms with Gasteiger partial charge >= 0.3 is 0 Å². The second kappa shape index (κ2) is 8.66. The van der Waals surface area contributed by atoms with Crippen molar-refractivity contribution >= 4 is 11.6 Å². The largest absolute Gasteiger partial charge is 0.311 e. The van der Waals surface area contributed by atoms with E-state index in [1.807, 2.05) is 18.2 Å². The zero-order valence-electron chi connectivity index (χ0n) is 14.5. The van der Waals surface area contributed by atoms with Gasteiger partial charge in [0.1, 0.15) is 0 Å². The van der Waals surface area contributed by atoms with E-state index in [0.717, 1.165) is 18.1 Å². The lowest BCUT2D eigenvalue weighted by Crippen LogP contribution is -2.39. The summed E-state index contributed by atoms with van der Waals surface area (Å²) in [5.41, 5.74) is 3.90. The maximum Gasteiger partial charge on any atom is 0.0472 e. The first kappa shape index (κ1) is 17.5. The molecule has 1 atom stereocenters. The van der Waals surface area contributed by atoms with Crippen LogP contribution in [0.5, 0.6) is 0 Å². The number of hydrogen-bond acceptors (Lipinski definition) is 2. The predicted molar refractivity (Wildman–Crippen MR) is 103 cm³/mol. The molecule has 0 aromatic heterocycles. The highest BCUT2D eigenvalue weighted by Crippen LogP contribution is 2.25. The van der Waals surface area contributed by atoms with Gasteiger partial charge in [0.25, 0.3) is 0 Å². The maximum absolute atomic E-state index is 6.27. The molecular weight excluding hydrogens is 316 g/mol. The van der Waals surface area contributed by atoms with Gasteiger partial charge in [0.15, 0.2) is 0 Å². The van der Waals surface area contributed by atoms with Crippen LogP contribution in [0.3, 0.4) is 0 Å². The quantitative estimate of drug-likeness (QED) is 0.797. The zero-order valence-corrected chi connectivity index (χ0v) is 15.2. The van der Waals surface area contributed by atoms with Crippen molar-refractivity contribution in [1.29, 1.82) is 0 Å². The van der Waals surface area contributed by atoms with Gasteiger partial charge in [0.05, 0.1) is 0 Å². The summed E-state index contributed by atoms with van der Waals surface area (Å²) in [6.07, 6.45) is 3.99. The molecule has 0 bridgehead atoms. The molecule has 0 amide bonds. The number of benzene rings is 2. The van der Waals surface area contributed by atoms with Crippen LogP contribution in [0, 0.1) is 6.92 Å². The third kappa shape index (κ3) is 4.60. The van der Waals surface area contributed by atoms with Gasteiger partial charge in [-0.25, -0.2) is 0 Å². The SMILES string of the molecule is Cc1ccc(C(CNCc2ccccc2Cl)N2CCCCC2)cc1. The van der Waals surface area contributed by atoms with E-state index in [4.69, 9.17) is 11.6 Å². The molecule has 1 fully saturated rings. The Morgan fingerprint density at radius 2 is 1.71 bits per heavy atom. The van der Waals surface area contributed by atoms with Gasteiger partial charge in [-0.2, -0.15) is 0 Å².